The Kier molecular flexibility index (Phi) is 3.87. The van der Waals surface area contributed by atoms with Gasteiger partial charge in [-0.05, 0) is 44.5 Å². The third-order valence-corrected chi connectivity index (χ3v) is 3.71. The van der Waals surface area contributed by atoms with Crippen molar-refractivity contribution in [3.63, 3.8) is 0 Å². The monoisotopic (exact) mass is 298 g/mol. The van der Waals surface area contributed by atoms with Crippen LogP contribution in [0.2, 0.25) is 0 Å². The van der Waals surface area contributed by atoms with Gasteiger partial charge >= 0.3 is 0 Å². The average molecular weight is 298 g/mol. The molecule has 4 N–H and O–H groups in total. The Morgan fingerprint density at radius 1 is 1.55 bits per heavy atom. The van der Waals surface area contributed by atoms with Crippen molar-refractivity contribution in [1.82, 2.24) is 0 Å². The Labute approximate surface area is 128 Å². The molecule has 1 aliphatic rings. The number of nitrogens with one attached hydrogen (secondary N) is 2. The minimum atomic E-state index is -0.606. The van der Waals surface area contributed by atoms with Crippen molar-refractivity contribution in [2.24, 2.45) is 10.8 Å². The van der Waals surface area contributed by atoms with Crippen LogP contribution in [-0.4, -0.2) is 24.0 Å². The molecular formula is C15H18N6O. The lowest BCUT2D eigenvalue weighted by molar-refractivity contribution is -0.122. The summed E-state index contributed by atoms with van der Waals surface area (Å²) in [7, 11) is 0. The van der Waals surface area contributed by atoms with Gasteiger partial charge in [0.25, 0.3) is 0 Å². The van der Waals surface area contributed by atoms with Gasteiger partial charge in [0.15, 0.2) is 5.84 Å². The average Bonchev–Trinajstić information content (AvgIpc) is 2.67. The number of amides is 1. The molecule has 1 aliphatic heterocycles. The number of anilines is 2. The zero-order chi connectivity index (χ0) is 16.5. The second-order valence-electron chi connectivity index (χ2n) is 5.50. The first-order chi connectivity index (χ1) is 10.3. The molecule has 1 aromatic rings. The molecule has 0 aromatic heterocycles. The van der Waals surface area contributed by atoms with Gasteiger partial charge in [0, 0.05) is 12.2 Å². The van der Waals surface area contributed by atoms with Crippen LogP contribution in [-0.2, 0) is 10.2 Å². The van der Waals surface area contributed by atoms with E-state index >= 15 is 0 Å². The summed E-state index contributed by atoms with van der Waals surface area (Å²) < 4.78 is 0. The lowest BCUT2D eigenvalue weighted by Crippen LogP contribution is -2.35. The number of carbonyl (C=O) groups is 1. The number of benzene rings is 1. The van der Waals surface area contributed by atoms with Crippen molar-refractivity contribution < 1.29 is 4.79 Å². The molecule has 22 heavy (non-hydrogen) atoms. The Morgan fingerprint density at radius 3 is 2.77 bits per heavy atom. The molecule has 0 spiro atoms. The van der Waals surface area contributed by atoms with Crippen molar-refractivity contribution in [2.45, 2.75) is 26.2 Å². The number of rotatable bonds is 4. The fourth-order valence-electron chi connectivity index (χ4n) is 2.48. The minimum Gasteiger partial charge on any atom is -0.382 e. The van der Waals surface area contributed by atoms with Crippen LogP contribution in [0.1, 0.15) is 26.3 Å². The molecule has 114 valence electrons. The van der Waals surface area contributed by atoms with Gasteiger partial charge in [0.2, 0.25) is 11.6 Å². The Morgan fingerprint density at radius 2 is 2.23 bits per heavy atom. The molecule has 0 saturated heterocycles. The predicted octanol–water partition coefficient (Wildman–Crippen LogP) is 1.56. The van der Waals surface area contributed by atoms with Gasteiger partial charge in [0.1, 0.15) is 6.07 Å². The molecule has 0 aliphatic carbocycles. The van der Waals surface area contributed by atoms with Gasteiger partial charge < -0.3 is 10.6 Å². The number of likely N-dealkylation sites (N-methyl/N-ethyl adjacent to an activating group) is 1. The molecule has 7 heteroatoms. The number of carbonyl (C=O) groups excluding carboxylic acids is 1. The summed E-state index contributed by atoms with van der Waals surface area (Å²) in [6, 6.07) is 7.20. The highest BCUT2D eigenvalue weighted by Gasteiger charge is 2.43. The van der Waals surface area contributed by atoms with E-state index in [0.29, 0.717) is 12.2 Å². The van der Waals surface area contributed by atoms with E-state index in [0.717, 1.165) is 11.3 Å². The van der Waals surface area contributed by atoms with Gasteiger partial charge in [-0.3, -0.25) is 15.6 Å². The lowest BCUT2D eigenvalue weighted by Gasteiger charge is -2.18. The zero-order valence-corrected chi connectivity index (χ0v) is 12.8. The van der Waals surface area contributed by atoms with Crippen molar-refractivity contribution in [2.75, 3.05) is 16.9 Å². The van der Waals surface area contributed by atoms with E-state index in [4.69, 9.17) is 16.4 Å². The van der Waals surface area contributed by atoms with Crippen molar-refractivity contribution in [3.05, 3.63) is 23.8 Å². The van der Waals surface area contributed by atoms with E-state index in [9.17, 15) is 4.79 Å². The van der Waals surface area contributed by atoms with E-state index < -0.39 is 11.3 Å². The van der Waals surface area contributed by atoms with Crippen LogP contribution in [0.4, 0.5) is 11.4 Å². The maximum absolute atomic E-state index is 12.4. The molecule has 2 rings (SSSR count). The summed E-state index contributed by atoms with van der Waals surface area (Å²) in [6.07, 6.45) is 0. The van der Waals surface area contributed by atoms with Crippen LogP contribution in [0.3, 0.4) is 0 Å². The molecule has 0 bridgehead atoms. The first-order valence-corrected chi connectivity index (χ1v) is 6.87. The highest BCUT2D eigenvalue weighted by Crippen LogP contribution is 2.42. The number of hydrogen-bond donors (Lipinski definition) is 3. The third-order valence-electron chi connectivity index (χ3n) is 3.71. The van der Waals surface area contributed by atoms with E-state index in [1.54, 1.807) is 17.0 Å². The predicted molar refractivity (Wildman–Crippen MR) is 86.1 cm³/mol. The number of nitriles is 1. The molecule has 0 saturated carbocycles. The molecular weight excluding hydrogens is 280 g/mol. The number of nitrogens with zero attached hydrogens (tertiary/aromatic N) is 3. The van der Waals surface area contributed by atoms with Crippen LogP contribution in [0.25, 0.3) is 0 Å². The van der Waals surface area contributed by atoms with Crippen LogP contribution >= 0.6 is 0 Å². The van der Waals surface area contributed by atoms with Gasteiger partial charge in [-0.1, -0.05) is 0 Å². The third kappa shape index (κ3) is 2.39. The van der Waals surface area contributed by atoms with Gasteiger partial charge in [-0.25, -0.2) is 0 Å². The minimum absolute atomic E-state index is 0.0621. The molecule has 1 amide bonds. The van der Waals surface area contributed by atoms with Gasteiger partial charge in [-0.15, -0.1) is 0 Å². The first kappa shape index (κ1) is 15.5. The summed E-state index contributed by atoms with van der Waals surface area (Å²) in [5.74, 6) is -0.337. The van der Waals surface area contributed by atoms with Crippen molar-refractivity contribution >= 4 is 28.8 Å². The maximum atomic E-state index is 12.4. The summed E-state index contributed by atoms with van der Waals surface area (Å²) in [5, 5.41) is 19.8. The smallest absolute Gasteiger partial charge is 0.237 e. The molecule has 1 aromatic carbocycles. The fraction of sp³-hybridized carbons (Fsp3) is 0.333. The SMILES string of the molecule is CCN1C(=O)C(C)(C)c2cc(N/N=C(\C#N)C(=N)N)ccc21. The summed E-state index contributed by atoms with van der Waals surface area (Å²) in [4.78, 5) is 14.2. The second-order valence-corrected chi connectivity index (χ2v) is 5.50. The highest BCUT2D eigenvalue weighted by atomic mass is 16.2. The van der Waals surface area contributed by atoms with Crippen LogP contribution in [0, 0.1) is 16.7 Å². The summed E-state index contributed by atoms with van der Waals surface area (Å²) in [6.45, 7) is 6.31. The Bertz CT molecular complexity index is 713. The van der Waals surface area contributed by atoms with E-state index in [-0.39, 0.29) is 11.6 Å². The number of hydrogen-bond acceptors (Lipinski definition) is 5. The quantitative estimate of drug-likeness (QED) is 0.444. The van der Waals surface area contributed by atoms with Crippen molar-refractivity contribution in [3.8, 4) is 6.07 Å². The molecule has 0 radical (unpaired) electrons. The van der Waals surface area contributed by atoms with E-state index in [1.807, 2.05) is 32.9 Å². The normalized spacial score (nSPS) is 16.2. The standard InChI is InChI=1S/C15H18N6O/c1-4-21-12-6-5-9(19-20-11(8-16)13(17)18)7-10(12)15(2,3)14(21)22/h5-7,19H,4H2,1-3H3,(H3,17,18)/b20-11+. The highest BCUT2D eigenvalue weighted by molar-refractivity contribution is 6.45. The Balaban J connectivity index is 2.38. The zero-order valence-electron chi connectivity index (χ0n) is 12.8. The molecule has 0 unspecified atom stereocenters. The summed E-state index contributed by atoms with van der Waals surface area (Å²) >= 11 is 0. The Hall–Kier alpha value is -2.88. The van der Waals surface area contributed by atoms with E-state index in [2.05, 4.69) is 10.5 Å². The molecule has 7 nitrogen and oxygen atoms in total. The molecule has 0 atom stereocenters. The number of nitrogens with two attached hydrogens (primary N) is 1. The van der Waals surface area contributed by atoms with Crippen molar-refractivity contribution in [1.29, 1.82) is 10.7 Å². The lowest BCUT2D eigenvalue weighted by atomic mass is 9.86. The number of fused-ring (bicyclic) bond motifs is 1. The number of amidine groups is 1. The topological polar surface area (TPSA) is 118 Å². The van der Waals surface area contributed by atoms with Crippen LogP contribution < -0.4 is 16.1 Å². The number of hydrazone groups is 1. The van der Waals surface area contributed by atoms with E-state index in [1.165, 1.54) is 0 Å². The second kappa shape index (κ2) is 5.48. The van der Waals surface area contributed by atoms with Crippen LogP contribution in [0.15, 0.2) is 23.3 Å². The molecule has 0 fully saturated rings. The van der Waals surface area contributed by atoms with Crippen LogP contribution in [0.5, 0.6) is 0 Å². The maximum Gasteiger partial charge on any atom is 0.237 e. The first-order valence-electron chi connectivity index (χ1n) is 6.87. The fourth-order valence-corrected chi connectivity index (χ4v) is 2.48. The largest absolute Gasteiger partial charge is 0.382 e. The molecule has 1 heterocycles. The van der Waals surface area contributed by atoms with Gasteiger partial charge in [-0.2, -0.15) is 10.4 Å². The summed E-state index contributed by atoms with van der Waals surface area (Å²) in [5.41, 5.74) is 9.57. The van der Waals surface area contributed by atoms with Gasteiger partial charge in [0.05, 0.1) is 11.1 Å².